The number of hydrogen-bond donors (Lipinski definition) is 2. The minimum atomic E-state index is 0. The van der Waals surface area contributed by atoms with Crippen LogP contribution in [0.3, 0.4) is 0 Å². The van der Waals surface area contributed by atoms with Crippen molar-refractivity contribution in [2.75, 3.05) is 13.6 Å². The van der Waals surface area contributed by atoms with E-state index in [4.69, 9.17) is 0 Å². The molecule has 2 aromatic carbocycles. The molecule has 1 fully saturated rings. The first kappa shape index (κ1) is 24.2. The van der Waals surface area contributed by atoms with E-state index in [1.54, 1.807) is 11.0 Å². The highest BCUT2D eigenvalue weighted by molar-refractivity contribution is 14.0. The summed E-state index contributed by atoms with van der Waals surface area (Å²) in [5.74, 6) is 0.856. The highest BCUT2D eigenvalue weighted by Gasteiger charge is 2.25. The average Bonchev–Trinajstić information content (AvgIpc) is 3.34. The molecular formula is C24H32IN7. The largest absolute Gasteiger partial charge is 0.354 e. The fraction of sp³-hybridized carbons (Fsp3) is 0.375. The minimum Gasteiger partial charge on any atom is -0.354 e. The Morgan fingerprint density at radius 1 is 1.09 bits per heavy atom. The van der Waals surface area contributed by atoms with E-state index in [2.05, 4.69) is 80.0 Å². The molecule has 7 nitrogen and oxygen atoms in total. The van der Waals surface area contributed by atoms with Crippen molar-refractivity contribution in [2.24, 2.45) is 4.99 Å². The second-order valence-electron chi connectivity index (χ2n) is 8.10. The number of aromatic nitrogens is 3. The summed E-state index contributed by atoms with van der Waals surface area (Å²) in [5, 5.41) is 11.2. The Hall–Kier alpha value is -2.46. The fourth-order valence-corrected chi connectivity index (χ4v) is 4.09. The summed E-state index contributed by atoms with van der Waals surface area (Å²) >= 11 is 0. The van der Waals surface area contributed by atoms with Crippen molar-refractivity contribution in [3.8, 4) is 5.69 Å². The van der Waals surface area contributed by atoms with E-state index in [9.17, 15) is 0 Å². The molecule has 0 radical (unpaired) electrons. The highest BCUT2D eigenvalue weighted by Crippen LogP contribution is 2.20. The molecule has 170 valence electrons. The molecular weight excluding hydrogens is 513 g/mol. The van der Waals surface area contributed by atoms with E-state index in [1.165, 1.54) is 17.5 Å². The molecule has 2 unspecified atom stereocenters. The van der Waals surface area contributed by atoms with Crippen LogP contribution in [-0.4, -0.2) is 51.3 Å². The van der Waals surface area contributed by atoms with Gasteiger partial charge in [-0.25, -0.2) is 9.67 Å². The Balaban J connectivity index is 0.00000289. The maximum atomic E-state index is 4.43. The Labute approximate surface area is 207 Å². The number of halogens is 1. The minimum absolute atomic E-state index is 0. The predicted octanol–water partition coefficient (Wildman–Crippen LogP) is 3.60. The first-order chi connectivity index (χ1) is 15.2. The first-order valence-corrected chi connectivity index (χ1v) is 10.9. The molecule has 0 saturated carbocycles. The SMILES string of the molecule is CN=C(NCc1ccc(-n2cncn2)cc1)NC1CCN(Cc2ccccc2)C(C)C1.I. The summed E-state index contributed by atoms with van der Waals surface area (Å²) in [6.07, 6.45) is 5.47. The average molecular weight is 545 g/mol. The van der Waals surface area contributed by atoms with Gasteiger partial charge in [0.15, 0.2) is 5.96 Å². The third kappa shape index (κ3) is 6.52. The number of piperidine rings is 1. The van der Waals surface area contributed by atoms with Crippen molar-refractivity contribution in [3.63, 3.8) is 0 Å². The van der Waals surface area contributed by atoms with Gasteiger partial charge in [-0.2, -0.15) is 5.10 Å². The Kier molecular flexibility index (Phi) is 9.04. The van der Waals surface area contributed by atoms with E-state index in [1.807, 2.05) is 19.2 Å². The lowest BCUT2D eigenvalue weighted by Gasteiger charge is -2.38. The standard InChI is InChI=1S/C24H31N7.HI/c1-19-14-22(12-13-30(19)16-21-6-4-3-5-7-21)29-24(25-2)27-15-20-8-10-23(11-9-20)31-18-26-17-28-31;/h3-11,17-19,22H,12-16H2,1-2H3,(H2,25,27,29);1H. The van der Waals surface area contributed by atoms with Crippen LogP contribution in [0.5, 0.6) is 0 Å². The molecule has 1 aliphatic heterocycles. The summed E-state index contributed by atoms with van der Waals surface area (Å²) in [6.45, 7) is 5.16. The zero-order valence-corrected chi connectivity index (χ0v) is 21.0. The molecule has 0 bridgehead atoms. The van der Waals surface area contributed by atoms with Crippen LogP contribution in [0.15, 0.2) is 72.2 Å². The molecule has 0 spiro atoms. The van der Waals surface area contributed by atoms with Crippen LogP contribution in [0.2, 0.25) is 0 Å². The maximum absolute atomic E-state index is 4.43. The number of hydrogen-bond acceptors (Lipinski definition) is 4. The monoisotopic (exact) mass is 545 g/mol. The van der Waals surface area contributed by atoms with Gasteiger partial charge in [-0.05, 0) is 43.0 Å². The summed E-state index contributed by atoms with van der Waals surface area (Å²) in [5.41, 5.74) is 3.57. The highest BCUT2D eigenvalue weighted by atomic mass is 127. The molecule has 1 aliphatic rings. The molecule has 32 heavy (non-hydrogen) atoms. The fourth-order valence-electron chi connectivity index (χ4n) is 4.09. The number of benzene rings is 2. The van der Waals surface area contributed by atoms with Gasteiger partial charge < -0.3 is 10.6 Å². The number of nitrogens with one attached hydrogen (secondary N) is 2. The molecule has 1 saturated heterocycles. The Morgan fingerprint density at radius 3 is 2.53 bits per heavy atom. The van der Waals surface area contributed by atoms with Gasteiger partial charge in [0.25, 0.3) is 0 Å². The molecule has 2 atom stereocenters. The lowest BCUT2D eigenvalue weighted by molar-refractivity contribution is 0.134. The summed E-state index contributed by atoms with van der Waals surface area (Å²) in [6, 6.07) is 20.0. The molecule has 2 heterocycles. The van der Waals surface area contributed by atoms with Gasteiger partial charge in [0.05, 0.1) is 5.69 Å². The Morgan fingerprint density at radius 2 is 1.88 bits per heavy atom. The van der Waals surface area contributed by atoms with E-state index in [-0.39, 0.29) is 24.0 Å². The number of likely N-dealkylation sites (tertiary alicyclic amines) is 1. The Bertz CT molecular complexity index is 958. The van der Waals surface area contributed by atoms with Crippen LogP contribution in [0.1, 0.15) is 30.9 Å². The van der Waals surface area contributed by atoms with Crippen molar-refractivity contribution >= 4 is 29.9 Å². The van der Waals surface area contributed by atoms with Crippen LogP contribution >= 0.6 is 24.0 Å². The zero-order valence-electron chi connectivity index (χ0n) is 18.7. The van der Waals surface area contributed by atoms with Crippen LogP contribution in [0, 0.1) is 0 Å². The van der Waals surface area contributed by atoms with Gasteiger partial charge in [-0.3, -0.25) is 9.89 Å². The molecule has 3 aromatic rings. The topological polar surface area (TPSA) is 70.4 Å². The van der Waals surface area contributed by atoms with E-state index < -0.39 is 0 Å². The van der Waals surface area contributed by atoms with Crippen LogP contribution in [0.25, 0.3) is 5.69 Å². The van der Waals surface area contributed by atoms with Gasteiger partial charge in [0, 0.05) is 38.8 Å². The molecule has 8 heteroatoms. The zero-order chi connectivity index (χ0) is 21.5. The third-order valence-electron chi connectivity index (χ3n) is 5.89. The van der Waals surface area contributed by atoms with Crippen molar-refractivity contribution in [1.29, 1.82) is 0 Å². The number of aliphatic imine (C=N–C) groups is 1. The predicted molar refractivity (Wildman–Crippen MR) is 139 cm³/mol. The van der Waals surface area contributed by atoms with Gasteiger partial charge >= 0.3 is 0 Å². The lowest BCUT2D eigenvalue weighted by atomic mass is 9.97. The van der Waals surface area contributed by atoms with Crippen molar-refractivity contribution < 1.29 is 0 Å². The molecule has 4 rings (SSSR count). The van der Waals surface area contributed by atoms with Crippen LogP contribution in [0.4, 0.5) is 0 Å². The van der Waals surface area contributed by atoms with Crippen molar-refractivity contribution in [1.82, 2.24) is 30.3 Å². The summed E-state index contributed by atoms with van der Waals surface area (Å²) < 4.78 is 1.75. The second kappa shape index (κ2) is 12.0. The van der Waals surface area contributed by atoms with Gasteiger partial charge in [0.2, 0.25) is 0 Å². The van der Waals surface area contributed by atoms with Gasteiger partial charge in [-0.1, -0.05) is 42.5 Å². The van der Waals surface area contributed by atoms with Crippen molar-refractivity contribution in [2.45, 2.75) is 44.9 Å². The van der Waals surface area contributed by atoms with Gasteiger partial charge in [0.1, 0.15) is 12.7 Å². The lowest BCUT2D eigenvalue weighted by Crippen LogP contribution is -2.51. The summed E-state index contributed by atoms with van der Waals surface area (Å²) in [7, 11) is 1.83. The molecule has 0 amide bonds. The first-order valence-electron chi connectivity index (χ1n) is 10.9. The normalized spacial score (nSPS) is 19.2. The molecule has 0 aliphatic carbocycles. The molecule has 2 N–H and O–H groups in total. The maximum Gasteiger partial charge on any atom is 0.191 e. The number of rotatable bonds is 6. The van der Waals surface area contributed by atoms with Crippen LogP contribution in [-0.2, 0) is 13.1 Å². The third-order valence-corrected chi connectivity index (χ3v) is 5.89. The van der Waals surface area contributed by atoms with Crippen molar-refractivity contribution in [3.05, 3.63) is 78.4 Å². The van der Waals surface area contributed by atoms with E-state index in [0.717, 1.165) is 44.1 Å². The van der Waals surface area contributed by atoms with Crippen LogP contribution < -0.4 is 10.6 Å². The van der Waals surface area contributed by atoms with E-state index >= 15 is 0 Å². The number of nitrogens with zero attached hydrogens (tertiary/aromatic N) is 5. The number of guanidine groups is 1. The van der Waals surface area contributed by atoms with Gasteiger partial charge in [-0.15, -0.1) is 24.0 Å². The van der Waals surface area contributed by atoms with E-state index in [0.29, 0.717) is 12.1 Å². The smallest absolute Gasteiger partial charge is 0.191 e. The second-order valence-corrected chi connectivity index (χ2v) is 8.10. The quantitative estimate of drug-likeness (QED) is 0.282. The summed E-state index contributed by atoms with van der Waals surface area (Å²) in [4.78, 5) is 11.0. The molecule has 1 aromatic heterocycles.